The van der Waals surface area contributed by atoms with Crippen molar-refractivity contribution in [3.8, 4) is 6.07 Å². The molecular formula is C14H17ClN4O. The number of anilines is 1. The van der Waals surface area contributed by atoms with Crippen molar-refractivity contribution in [1.82, 2.24) is 9.88 Å². The fourth-order valence-electron chi connectivity index (χ4n) is 2.31. The van der Waals surface area contributed by atoms with Crippen LogP contribution in [-0.4, -0.2) is 34.9 Å². The molecule has 0 aliphatic carbocycles. The van der Waals surface area contributed by atoms with Crippen LogP contribution >= 0.6 is 11.6 Å². The van der Waals surface area contributed by atoms with Gasteiger partial charge in [-0.1, -0.05) is 11.6 Å². The highest BCUT2D eigenvalue weighted by Crippen LogP contribution is 2.16. The summed E-state index contributed by atoms with van der Waals surface area (Å²) in [6.45, 7) is 3.43. The third-order valence-corrected chi connectivity index (χ3v) is 3.52. The first-order valence-electron chi connectivity index (χ1n) is 6.73. The van der Waals surface area contributed by atoms with Crippen molar-refractivity contribution in [3.63, 3.8) is 0 Å². The quantitative estimate of drug-likeness (QED) is 0.869. The van der Waals surface area contributed by atoms with Gasteiger partial charge in [-0.2, -0.15) is 5.26 Å². The maximum absolute atomic E-state index is 12.3. The molecule has 106 valence electrons. The van der Waals surface area contributed by atoms with E-state index < -0.39 is 0 Å². The summed E-state index contributed by atoms with van der Waals surface area (Å²) in [5.41, 5.74) is 0.421. The summed E-state index contributed by atoms with van der Waals surface area (Å²) >= 11 is 5.84. The van der Waals surface area contributed by atoms with E-state index in [1.807, 2.05) is 11.0 Å². The van der Waals surface area contributed by atoms with E-state index in [1.165, 1.54) is 12.5 Å². The fraction of sp³-hybridized carbons (Fsp3) is 0.500. The van der Waals surface area contributed by atoms with Gasteiger partial charge >= 0.3 is 0 Å². The Bertz CT molecular complexity index is 534. The molecule has 5 nitrogen and oxygen atoms in total. The lowest BCUT2D eigenvalue weighted by molar-refractivity contribution is -0.132. The monoisotopic (exact) mass is 292 g/mol. The normalized spacial score (nSPS) is 16.4. The van der Waals surface area contributed by atoms with Crippen molar-refractivity contribution in [2.24, 2.45) is 0 Å². The number of carbonyl (C=O) groups excluding carboxylic acids is 1. The average Bonchev–Trinajstić information content (AvgIpc) is 2.46. The second-order valence-electron chi connectivity index (χ2n) is 4.93. The van der Waals surface area contributed by atoms with Gasteiger partial charge in [0.15, 0.2) is 0 Å². The van der Waals surface area contributed by atoms with Crippen molar-refractivity contribution in [3.05, 3.63) is 22.8 Å². The van der Waals surface area contributed by atoms with Crippen LogP contribution in [0.25, 0.3) is 0 Å². The summed E-state index contributed by atoms with van der Waals surface area (Å²) in [5.74, 6) is 0.511. The van der Waals surface area contributed by atoms with Gasteiger partial charge in [0.25, 0.3) is 0 Å². The maximum atomic E-state index is 12.3. The predicted octanol–water partition coefficient (Wildman–Crippen LogP) is 2.42. The molecule has 1 unspecified atom stereocenters. The third-order valence-electron chi connectivity index (χ3n) is 3.33. The summed E-state index contributed by atoms with van der Waals surface area (Å²) in [6.07, 6.45) is 3.31. The minimum Gasteiger partial charge on any atom is -0.359 e. The molecule has 2 heterocycles. The summed E-state index contributed by atoms with van der Waals surface area (Å²) in [5, 5.41) is 12.2. The third kappa shape index (κ3) is 3.61. The van der Waals surface area contributed by atoms with Gasteiger partial charge in [-0.3, -0.25) is 4.79 Å². The molecule has 1 amide bonds. The minimum atomic E-state index is -0.384. The lowest BCUT2D eigenvalue weighted by Crippen LogP contribution is -2.44. The van der Waals surface area contributed by atoms with Crippen LogP contribution in [0.4, 0.5) is 5.82 Å². The van der Waals surface area contributed by atoms with Crippen LogP contribution in [0, 0.1) is 11.3 Å². The molecule has 1 aliphatic heterocycles. The summed E-state index contributed by atoms with van der Waals surface area (Å²) in [7, 11) is 0. The van der Waals surface area contributed by atoms with Gasteiger partial charge in [0.1, 0.15) is 17.0 Å². The Balaban J connectivity index is 2.03. The van der Waals surface area contributed by atoms with Crippen LogP contribution in [0.15, 0.2) is 12.1 Å². The number of amides is 1. The Kier molecular flexibility index (Phi) is 4.80. The number of nitriles is 1. The Labute approximate surface area is 123 Å². The Morgan fingerprint density at radius 3 is 2.80 bits per heavy atom. The molecule has 0 bridgehead atoms. The molecule has 1 atom stereocenters. The second-order valence-corrected chi connectivity index (χ2v) is 5.31. The largest absolute Gasteiger partial charge is 0.359 e. The number of hydrogen-bond donors (Lipinski definition) is 1. The highest BCUT2D eigenvalue weighted by molar-refractivity contribution is 6.29. The van der Waals surface area contributed by atoms with Crippen molar-refractivity contribution >= 4 is 23.3 Å². The molecule has 0 spiro atoms. The van der Waals surface area contributed by atoms with Crippen molar-refractivity contribution < 1.29 is 4.79 Å². The number of hydrogen-bond acceptors (Lipinski definition) is 4. The fourth-order valence-corrected chi connectivity index (χ4v) is 2.52. The lowest BCUT2D eigenvalue weighted by atomic mass is 10.1. The number of likely N-dealkylation sites (tertiary alicyclic amines) is 1. The standard InChI is InChI=1S/C14H17ClN4O/c1-10(14(20)19-5-3-2-4-6-19)17-13-8-11(9-16)7-12(15)18-13/h7-8,10H,2-6H2,1H3,(H,17,18). The number of rotatable bonds is 3. The zero-order valence-electron chi connectivity index (χ0n) is 11.4. The summed E-state index contributed by atoms with van der Waals surface area (Å²) in [4.78, 5) is 18.2. The van der Waals surface area contributed by atoms with Gasteiger partial charge in [0, 0.05) is 13.1 Å². The number of pyridine rings is 1. The van der Waals surface area contributed by atoms with Crippen LogP contribution < -0.4 is 5.32 Å². The minimum absolute atomic E-state index is 0.0602. The topological polar surface area (TPSA) is 69.0 Å². The molecule has 0 aromatic carbocycles. The van der Waals surface area contributed by atoms with Gasteiger partial charge in [-0.15, -0.1) is 0 Å². The van der Waals surface area contributed by atoms with Crippen LogP contribution in [0.5, 0.6) is 0 Å². The highest BCUT2D eigenvalue weighted by Gasteiger charge is 2.22. The molecule has 1 aromatic rings. The average molecular weight is 293 g/mol. The number of halogens is 1. The maximum Gasteiger partial charge on any atom is 0.244 e. The number of aromatic nitrogens is 1. The van der Waals surface area contributed by atoms with E-state index in [-0.39, 0.29) is 17.1 Å². The summed E-state index contributed by atoms with van der Waals surface area (Å²) < 4.78 is 0. The SMILES string of the molecule is CC(Nc1cc(C#N)cc(Cl)n1)C(=O)N1CCCCC1. The first-order chi connectivity index (χ1) is 9.60. The molecular weight excluding hydrogens is 276 g/mol. The van der Waals surface area contributed by atoms with E-state index in [4.69, 9.17) is 16.9 Å². The zero-order valence-corrected chi connectivity index (χ0v) is 12.2. The van der Waals surface area contributed by atoms with E-state index in [9.17, 15) is 4.79 Å². The van der Waals surface area contributed by atoms with Crippen molar-refractivity contribution in [1.29, 1.82) is 5.26 Å². The van der Waals surface area contributed by atoms with Crippen molar-refractivity contribution in [2.45, 2.75) is 32.2 Å². The molecule has 1 fully saturated rings. The molecule has 1 aromatic heterocycles. The van der Waals surface area contributed by atoms with Gasteiger partial charge in [-0.25, -0.2) is 4.98 Å². The number of carbonyl (C=O) groups is 1. The van der Waals surface area contributed by atoms with Crippen LogP contribution in [0.3, 0.4) is 0 Å². The van der Waals surface area contributed by atoms with E-state index in [0.717, 1.165) is 25.9 Å². The lowest BCUT2D eigenvalue weighted by Gasteiger charge is -2.29. The summed E-state index contributed by atoms with van der Waals surface area (Å²) in [6, 6.07) is 4.71. The highest BCUT2D eigenvalue weighted by atomic mass is 35.5. The Hall–Kier alpha value is -1.80. The predicted molar refractivity (Wildman–Crippen MR) is 77.5 cm³/mol. The molecule has 0 saturated carbocycles. The van der Waals surface area contributed by atoms with Gasteiger partial charge in [0.05, 0.1) is 11.6 Å². The van der Waals surface area contributed by atoms with E-state index in [2.05, 4.69) is 10.3 Å². The number of nitrogens with one attached hydrogen (secondary N) is 1. The molecule has 1 saturated heterocycles. The molecule has 6 heteroatoms. The van der Waals surface area contributed by atoms with Crippen LogP contribution in [0.2, 0.25) is 5.15 Å². The zero-order chi connectivity index (χ0) is 14.5. The Morgan fingerprint density at radius 1 is 1.45 bits per heavy atom. The van der Waals surface area contributed by atoms with Crippen LogP contribution in [-0.2, 0) is 4.79 Å². The molecule has 20 heavy (non-hydrogen) atoms. The number of nitrogens with zero attached hydrogens (tertiary/aromatic N) is 3. The molecule has 0 radical (unpaired) electrons. The van der Waals surface area contributed by atoms with Gasteiger partial charge in [0.2, 0.25) is 5.91 Å². The smallest absolute Gasteiger partial charge is 0.244 e. The molecule has 2 rings (SSSR count). The van der Waals surface area contributed by atoms with Crippen LogP contribution in [0.1, 0.15) is 31.7 Å². The van der Waals surface area contributed by atoms with E-state index >= 15 is 0 Å². The van der Waals surface area contributed by atoms with E-state index in [1.54, 1.807) is 13.0 Å². The van der Waals surface area contributed by atoms with Gasteiger partial charge in [-0.05, 0) is 38.3 Å². The van der Waals surface area contributed by atoms with Crippen molar-refractivity contribution in [2.75, 3.05) is 18.4 Å². The second kappa shape index (κ2) is 6.58. The van der Waals surface area contributed by atoms with E-state index in [0.29, 0.717) is 11.4 Å². The number of piperidine rings is 1. The molecule has 1 N–H and O–H groups in total. The first kappa shape index (κ1) is 14.6. The molecule has 1 aliphatic rings. The first-order valence-corrected chi connectivity index (χ1v) is 7.11. The Morgan fingerprint density at radius 2 is 2.15 bits per heavy atom. The van der Waals surface area contributed by atoms with Gasteiger partial charge < -0.3 is 10.2 Å².